The molecule has 27 heavy (non-hydrogen) atoms. The number of fused-ring (bicyclic) bond motifs is 1. The summed E-state index contributed by atoms with van der Waals surface area (Å²) >= 11 is 6.36. The third-order valence-corrected chi connectivity index (χ3v) is 4.36. The van der Waals surface area contributed by atoms with Gasteiger partial charge in [-0.2, -0.15) is 0 Å². The zero-order chi connectivity index (χ0) is 19.0. The summed E-state index contributed by atoms with van der Waals surface area (Å²) in [5.41, 5.74) is 9.04. The van der Waals surface area contributed by atoms with E-state index in [9.17, 15) is 10.1 Å². The van der Waals surface area contributed by atoms with Crippen molar-refractivity contribution in [3.05, 3.63) is 75.9 Å². The third kappa shape index (κ3) is 3.28. The first kappa shape index (κ1) is 16.9. The molecule has 0 atom stereocenters. The number of hydrogen-bond donors (Lipinski definition) is 1. The zero-order valence-electron chi connectivity index (χ0n) is 13.8. The molecule has 8 heteroatoms. The predicted molar refractivity (Wildman–Crippen MR) is 104 cm³/mol. The average Bonchev–Trinajstić information content (AvgIpc) is 2.67. The number of anilines is 1. The van der Waals surface area contributed by atoms with Crippen molar-refractivity contribution in [3.63, 3.8) is 0 Å². The summed E-state index contributed by atoms with van der Waals surface area (Å²) in [5, 5.41) is 12.1. The molecule has 0 aliphatic heterocycles. The number of halogens is 1. The molecule has 0 saturated carbocycles. The maximum atomic E-state index is 10.8. The molecule has 2 N–H and O–H groups in total. The van der Waals surface area contributed by atoms with Gasteiger partial charge in [-0.1, -0.05) is 29.8 Å². The second-order valence-corrected chi connectivity index (χ2v) is 6.18. The van der Waals surface area contributed by atoms with Crippen molar-refractivity contribution in [2.24, 2.45) is 0 Å². The predicted octanol–water partition coefficient (Wildman–Crippen LogP) is 4.50. The first-order valence-electron chi connectivity index (χ1n) is 7.96. The van der Waals surface area contributed by atoms with Gasteiger partial charge in [0.2, 0.25) is 5.95 Å². The monoisotopic (exact) mass is 377 g/mol. The fourth-order valence-corrected chi connectivity index (χ4v) is 3.02. The molecule has 0 saturated heterocycles. The van der Waals surface area contributed by atoms with Crippen molar-refractivity contribution in [2.75, 3.05) is 5.73 Å². The Morgan fingerprint density at radius 2 is 1.63 bits per heavy atom. The van der Waals surface area contributed by atoms with Gasteiger partial charge < -0.3 is 5.73 Å². The van der Waals surface area contributed by atoms with E-state index in [1.807, 2.05) is 30.3 Å². The smallest absolute Gasteiger partial charge is 0.269 e. The van der Waals surface area contributed by atoms with Gasteiger partial charge in [0, 0.05) is 28.6 Å². The molecule has 0 bridgehead atoms. The molecule has 4 rings (SSSR count). The van der Waals surface area contributed by atoms with E-state index in [1.165, 1.54) is 12.1 Å². The van der Waals surface area contributed by atoms with Crippen LogP contribution in [-0.4, -0.2) is 19.9 Å². The van der Waals surface area contributed by atoms with Crippen LogP contribution in [-0.2, 0) is 0 Å². The summed E-state index contributed by atoms with van der Waals surface area (Å²) in [4.78, 5) is 23.3. The van der Waals surface area contributed by atoms with Crippen LogP contribution in [0.15, 0.2) is 60.7 Å². The number of benzene rings is 2. The Morgan fingerprint density at radius 1 is 0.926 bits per heavy atom. The largest absolute Gasteiger partial charge is 0.368 e. The molecule has 7 nitrogen and oxygen atoms in total. The molecular formula is C19H12ClN5O2. The van der Waals surface area contributed by atoms with Crippen molar-refractivity contribution in [2.45, 2.75) is 0 Å². The van der Waals surface area contributed by atoms with Crippen LogP contribution in [0.25, 0.3) is 33.4 Å². The highest BCUT2D eigenvalue weighted by Crippen LogP contribution is 2.31. The highest BCUT2D eigenvalue weighted by Gasteiger charge is 2.13. The minimum atomic E-state index is -0.454. The molecule has 0 radical (unpaired) electrons. The summed E-state index contributed by atoms with van der Waals surface area (Å²) in [6.07, 6.45) is 0. The Hall–Kier alpha value is -3.58. The number of nitro groups is 1. The van der Waals surface area contributed by atoms with Crippen LogP contribution >= 0.6 is 11.6 Å². The van der Waals surface area contributed by atoms with E-state index in [-0.39, 0.29) is 11.6 Å². The standard InChI is InChI=1S/C19H12ClN5O2/c20-18-14(9-12-3-1-2-4-15(12)22-18)17-10-16(23-19(21)24-17)11-5-7-13(8-6-11)25(26)27/h1-10H,(H2,21,23,24). The third-order valence-electron chi connectivity index (χ3n) is 4.07. The summed E-state index contributed by atoms with van der Waals surface area (Å²) < 4.78 is 0. The van der Waals surface area contributed by atoms with E-state index in [0.29, 0.717) is 27.7 Å². The van der Waals surface area contributed by atoms with Gasteiger partial charge in [0.25, 0.3) is 5.69 Å². The van der Waals surface area contributed by atoms with Gasteiger partial charge in [0.15, 0.2) is 0 Å². The Balaban J connectivity index is 1.83. The van der Waals surface area contributed by atoms with Crippen molar-refractivity contribution >= 4 is 34.1 Å². The highest BCUT2D eigenvalue weighted by atomic mass is 35.5. The lowest BCUT2D eigenvalue weighted by molar-refractivity contribution is -0.384. The normalized spacial score (nSPS) is 10.9. The summed E-state index contributed by atoms with van der Waals surface area (Å²) in [6, 6.07) is 17.3. The van der Waals surface area contributed by atoms with E-state index >= 15 is 0 Å². The lowest BCUT2D eigenvalue weighted by Crippen LogP contribution is -1.99. The topological polar surface area (TPSA) is 108 Å². The Bertz CT molecular complexity index is 1180. The Labute approximate surface area is 158 Å². The number of nitro benzene ring substituents is 1. The van der Waals surface area contributed by atoms with Gasteiger partial charge in [-0.3, -0.25) is 10.1 Å². The lowest BCUT2D eigenvalue weighted by Gasteiger charge is -2.09. The van der Waals surface area contributed by atoms with Crippen LogP contribution in [0.1, 0.15) is 0 Å². The molecule has 4 aromatic rings. The number of nitrogens with two attached hydrogens (primary N) is 1. The first-order valence-corrected chi connectivity index (χ1v) is 8.34. The molecule has 2 aromatic carbocycles. The zero-order valence-corrected chi connectivity index (χ0v) is 14.6. The molecule has 0 spiro atoms. The number of hydrogen-bond acceptors (Lipinski definition) is 6. The number of aromatic nitrogens is 3. The number of pyridine rings is 1. The van der Waals surface area contributed by atoms with Crippen LogP contribution in [0.3, 0.4) is 0 Å². The molecule has 132 valence electrons. The first-order chi connectivity index (χ1) is 13.0. The fraction of sp³-hybridized carbons (Fsp3) is 0. The quantitative estimate of drug-likeness (QED) is 0.320. The Kier molecular flexibility index (Phi) is 4.13. The molecule has 2 aromatic heterocycles. The van der Waals surface area contributed by atoms with E-state index in [2.05, 4.69) is 15.0 Å². The number of nitrogens with zero attached hydrogens (tertiary/aromatic N) is 4. The van der Waals surface area contributed by atoms with Crippen LogP contribution in [0, 0.1) is 10.1 Å². The van der Waals surface area contributed by atoms with E-state index in [4.69, 9.17) is 17.3 Å². The number of non-ortho nitro benzene ring substituents is 1. The van der Waals surface area contributed by atoms with Gasteiger partial charge >= 0.3 is 0 Å². The van der Waals surface area contributed by atoms with Gasteiger partial charge in [-0.05, 0) is 30.3 Å². The number of para-hydroxylation sites is 1. The maximum absolute atomic E-state index is 10.8. The van der Waals surface area contributed by atoms with Crippen molar-refractivity contribution in [1.29, 1.82) is 0 Å². The van der Waals surface area contributed by atoms with Gasteiger partial charge in [0.05, 0.1) is 21.8 Å². The minimum absolute atomic E-state index is 0.00257. The second kappa shape index (κ2) is 6.62. The maximum Gasteiger partial charge on any atom is 0.269 e. The molecule has 0 fully saturated rings. The fourth-order valence-electron chi connectivity index (χ4n) is 2.78. The summed E-state index contributed by atoms with van der Waals surface area (Å²) in [5.74, 6) is 0.0741. The van der Waals surface area contributed by atoms with Crippen LogP contribution in [0.2, 0.25) is 5.15 Å². The van der Waals surface area contributed by atoms with E-state index in [0.717, 1.165) is 10.9 Å². The van der Waals surface area contributed by atoms with Crippen molar-refractivity contribution in [1.82, 2.24) is 15.0 Å². The highest BCUT2D eigenvalue weighted by molar-refractivity contribution is 6.32. The molecule has 0 aliphatic carbocycles. The summed E-state index contributed by atoms with van der Waals surface area (Å²) in [6.45, 7) is 0. The van der Waals surface area contributed by atoms with Crippen LogP contribution < -0.4 is 5.73 Å². The van der Waals surface area contributed by atoms with Crippen LogP contribution in [0.5, 0.6) is 0 Å². The number of nitrogen functional groups attached to an aromatic ring is 1. The molecule has 2 heterocycles. The van der Waals surface area contributed by atoms with Gasteiger partial charge in [-0.15, -0.1) is 0 Å². The lowest BCUT2D eigenvalue weighted by atomic mass is 10.1. The van der Waals surface area contributed by atoms with Crippen molar-refractivity contribution < 1.29 is 4.92 Å². The molecule has 0 unspecified atom stereocenters. The van der Waals surface area contributed by atoms with E-state index < -0.39 is 4.92 Å². The average molecular weight is 378 g/mol. The van der Waals surface area contributed by atoms with Crippen molar-refractivity contribution in [3.8, 4) is 22.5 Å². The SMILES string of the molecule is Nc1nc(-c2ccc([N+](=O)[O-])cc2)cc(-c2cc3ccccc3nc2Cl)n1. The minimum Gasteiger partial charge on any atom is -0.368 e. The second-order valence-electron chi connectivity index (χ2n) is 5.82. The molecule has 0 amide bonds. The van der Waals surface area contributed by atoms with Gasteiger partial charge in [-0.25, -0.2) is 15.0 Å². The van der Waals surface area contributed by atoms with Gasteiger partial charge in [0.1, 0.15) is 5.15 Å². The van der Waals surface area contributed by atoms with E-state index in [1.54, 1.807) is 18.2 Å². The molecule has 0 aliphatic rings. The molecular weight excluding hydrogens is 366 g/mol. The van der Waals surface area contributed by atoms with Crippen LogP contribution in [0.4, 0.5) is 11.6 Å². The number of rotatable bonds is 3. The summed E-state index contributed by atoms with van der Waals surface area (Å²) in [7, 11) is 0. The Morgan fingerprint density at radius 3 is 2.37 bits per heavy atom.